The Bertz CT molecular complexity index is 407. The first-order valence-corrected chi connectivity index (χ1v) is 4.95. The molecule has 3 heteroatoms. The molecule has 0 spiro atoms. The molecule has 0 N–H and O–H groups in total. The highest BCUT2D eigenvalue weighted by molar-refractivity contribution is 6.31. The highest BCUT2D eigenvalue weighted by Gasteiger charge is 2.13. The van der Waals surface area contributed by atoms with Crippen molar-refractivity contribution < 1.29 is 9.18 Å². The maximum absolute atomic E-state index is 13.4. The second-order valence-corrected chi connectivity index (χ2v) is 3.49. The minimum atomic E-state index is -0.648. The van der Waals surface area contributed by atoms with Crippen LogP contribution in [0.25, 0.3) is 0 Å². The summed E-state index contributed by atoms with van der Waals surface area (Å²) in [6.07, 6.45) is 6.39. The van der Waals surface area contributed by atoms with Gasteiger partial charge in [-0.3, -0.25) is 4.79 Å². The van der Waals surface area contributed by atoms with Gasteiger partial charge in [0.1, 0.15) is 0 Å². The largest absolute Gasteiger partial charge is 0.294 e. The number of rotatable bonds is 4. The van der Waals surface area contributed by atoms with Crippen molar-refractivity contribution in [2.45, 2.75) is 19.3 Å². The lowest BCUT2D eigenvalue weighted by molar-refractivity contribution is 0.0976. The molecule has 0 aromatic heterocycles. The van der Waals surface area contributed by atoms with Crippen LogP contribution in [0.3, 0.4) is 0 Å². The van der Waals surface area contributed by atoms with Crippen molar-refractivity contribution >= 4 is 17.4 Å². The fourth-order valence-corrected chi connectivity index (χ4v) is 1.38. The Balaban J connectivity index is 2.75. The van der Waals surface area contributed by atoms with Crippen molar-refractivity contribution in [3.63, 3.8) is 0 Å². The lowest BCUT2D eigenvalue weighted by atomic mass is 10.1. The Morgan fingerprint density at radius 2 is 2.27 bits per heavy atom. The van der Waals surface area contributed by atoms with Gasteiger partial charge in [0, 0.05) is 12.8 Å². The van der Waals surface area contributed by atoms with Gasteiger partial charge in [0.05, 0.1) is 10.6 Å². The fraction of sp³-hybridized carbons (Fsp3) is 0.250. The van der Waals surface area contributed by atoms with Crippen LogP contribution in [0.2, 0.25) is 5.02 Å². The monoisotopic (exact) mass is 224 g/mol. The molecule has 0 saturated heterocycles. The van der Waals surface area contributed by atoms with Crippen LogP contribution < -0.4 is 0 Å². The summed E-state index contributed by atoms with van der Waals surface area (Å²) >= 11 is 5.56. The van der Waals surface area contributed by atoms with Crippen molar-refractivity contribution in [3.8, 4) is 12.3 Å². The summed E-state index contributed by atoms with van der Waals surface area (Å²) in [6, 6.07) is 4.40. The fourth-order valence-electron chi connectivity index (χ4n) is 1.20. The minimum absolute atomic E-state index is 0.0298. The van der Waals surface area contributed by atoms with Crippen LogP contribution in [-0.2, 0) is 0 Å². The highest BCUT2D eigenvalue weighted by atomic mass is 35.5. The molecule has 1 rings (SSSR count). The predicted molar refractivity (Wildman–Crippen MR) is 58.4 cm³/mol. The molecule has 78 valence electrons. The number of Topliss-reactive ketones (excluding diaryl/α,β-unsaturated/α-hetero) is 1. The zero-order chi connectivity index (χ0) is 11.3. The lowest BCUT2D eigenvalue weighted by Crippen LogP contribution is -2.02. The molecule has 0 aliphatic heterocycles. The van der Waals surface area contributed by atoms with E-state index in [4.69, 9.17) is 18.0 Å². The molecule has 0 radical (unpaired) electrons. The lowest BCUT2D eigenvalue weighted by Gasteiger charge is -2.02. The Kier molecular flexibility index (Phi) is 4.33. The molecular formula is C12H10ClFO. The number of carbonyl (C=O) groups excluding carboxylic acids is 1. The van der Waals surface area contributed by atoms with E-state index in [1.165, 1.54) is 12.1 Å². The predicted octanol–water partition coefficient (Wildman–Crippen LogP) is 3.47. The highest BCUT2D eigenvalue weighted by Crippen LogP contribution is 2.19. The van der Waals surface area contributed by atoms with Gasteiger partial charge in [0.25, 0.3) is 0 Å². The van der Waals surface area contributed by atoms with Crippen LogP contribution in [0, 0.1) is 18.2 Å². The first-order valence-electron chi connectivity index (χ1n) is 4.57. The third kappa shape index (κ3) is 3.07. The quantitative estimate of drug-likeness (QED) is 0.435. The number of carbonyl (C=O) groups is 1. The van der Waals surface area contributed by atoms with E-state index in [0.717, 1.165) is 0 Å². The van der Waals surface area contributed by atoms with Gasteiger partial charge in [0.2, 0.25) is 0 Å². The van der Waals surface area contributed by atoms with Gasteiger partial charge < -0.3 is 0 Å². The smallest absolute Gasteiger partial charge is 0.165 e. The zero-order valence-corrected chi connectivity index (χ0v) is 8.85. The molecular weight excluding hydrogens is 215 g/mol. The number of halogens is 2. The van der Waals surface area contributed by atoms with E-state index in [-0.39, 0.29) is 22.8 Å². The number of benzene rings is 1. The van der Waals surface area contributed by atoms with Crippen molar-refractivity contribution in [1.29, 1.82) is 0 Å². The van der Waals surface area contributed by atoms with Gasteiger partial charge in [-0.15, -0.1) is 12.3 Å². The number of hydrogen-bond donors (Lipinski definition) is 0. The summed E-state index contributed by atoms with van der Waals surface area (Å²) in [7, 11) is 0. The van der Waals surface area contributed by atoms with E-state index in [1.54, 1.807) is 6.07 Å². The van der Waals surface area contributed by atoms with Crippen LogP contribution in [-0.4, -0.2) is 5.78 Å². The number of unbranched alkanes of at least 4 members (excludes halogenated alkanes) is 1. The molecule has 1 aromatic carbocycles. The number of hydrogen-bond acceptors (Lipinski definition) is 1. The van der Waals surface area contributed by atoms with Gasteiger partial charge in [-0.1, -0.05) is 17.7 Å². The van der Waals surface area contributed by atoms with Gasteiger partial charge in [0.15, 0.2) is 11.6 Å². The second-order valence-electron chi connectivity index (χ2n) is 3.08. The summed E-state index contributed by atoms with van der Waals surface area (Å²) in [5, 5.41) is -0.0298. The van der Waals surface area contributed by atoms with Gasteiger partial charge >= 0.3 is 0 Å². The Morgan fingerprint density at radius 3 is 2.93 bits per heavy atom. The molecule has 15 heavy (non-hydrogen) atoms. The average Bonchev–Trinajstić information content (AvgIpc) is 2.22. The van der Waals surface area contributed by atoms with Crippen LogP contribution in [0.4, 0.5) is 4.39 Å². The van der Waals surface area contributed by atoms with Crippen LogP contribution >= 0.6 is 11.6 Å². The van der Waals surface area contributed by atoms with E-state index in [9.17, 15) is 9.18 Å². The van der Waals surface area contributed by atoms with Crippen LogP contribution in [0.5, 0.6) is 0 Å². The molecule has 0 aliphatic rings. The van der Waals surface area contributed by atoms with E-state index in [2.05, 4.69) is 5.92 Å². The third-order valence-electron chi connectivity index (χ3n) is 1.98. The maximum atomic E-state index is 13.4. The first kappa shape index (κ1) is 11.7. The molecule has 0 saturated carbocycles. The van der Waals surface area contributed by atoms with Crippen LogP contribution in [0.15, 0.2) is 18.2 Å². The molecule has 0 aliphatic carbocycles. The van der Waals surface area contributed by atoms with Crippen molar-refractivity contribution in [1.82, 2.24) is 0 Å². The standard InChI is InChI=1S/C12H10ClFO/c1-2-3-4-8-11(15)9-6-5-7-10(13)12(9)14/h1,5-7H,3-4,8H2. The third-order valence-corrected chi connectivity index (χ3v) is 2.27. The van der Waals surface area contributed by atoms with E-state index in [0.29, 0.717) is 12.8 Å². The Morgan fingerprint density at radius 1 is 1.53 bits per heavy atom. The van der Waals surface area contributed by atoms with Gasteiger partial charge in [-0.05, 0) is 18.6 Å². The summed E-state index contributed by atoms with van der Waals surface area (Å²) in [6.45, 7) is 0. The number of ketones is 1. The molecule has 0 amide bonds. The van der Waals surface area contributed by atoms with E-state index in [1.807, 2.05) is 0 Å². The average molecular weight is 225 g/mol. The molecule has 1 aromatic rings. The van der Waals surface area contributed by atoms with E-state index >= 15 is 0 Å². The molecule has 0 fully saturated rings. The van der Waals surface area contributed by atoms with E-state index < -0.39 is 5.82 Å². The summed E-state index contributed by atoms with van der Waals surface area (Å²) in [4.78, 5) is 11.5. The van der Waals surface area contributed by atoms with Gasteiger partial charge in [-0.25, -0.2) is 4.39 Å². The summed E-state index contributed by atoms with van der Waals surface area (Å²) in [5.74, 6) is 1.52. The first-order chi connectivity index (χ1) is 7.16. The second kappa shape index (κ2) is 5.53. The normalized spacial score (nSPS) is 9.67. The van der Waals surface area contributed by atoms with Crippen LogP contribution in [0.1, 0.15) is 29.6 Å². The Hall–Kier alpha value is -1.33. The Labute approximate surface area is 93.3 Å². The number of terminal acetylenes is 1. The molecule has 1 nitrogen and oxygen atoms in total. The minimum Gasteiger partial charge on any atom is -0.294 e. The molecule has 0 bridgehead atoms. The molecule has 0 heterocycles. The maximum Gasteiger partial charge on any atom is 0.165 e. The topological polar surface area (TPSA) is 17.1 Å². The SMILES string of the molecule is C#CCCCC(=O)c1cccc(Cl)c1F. The summed E-state index contributed by atoms with van der Waals surface area (Å²) < 4.78 is 13.4. The van der Waals surface area contributed by atoms with Crippen molar-refractivity contribution in [3.05, 3.63) is 34.6 Å². The van der Waals surface area contributed by atoms with Gasteiger partial charge in [-0.2, -0.15) is 0 Å². The zero-order valence-electron chi connectivity index (χ0n) is 8.09. The molecule has 0 unspecified atom stereocenters. The summed E-state index contributed by atoms with van der Waals surface area (Å²) in [5.41, 5.74) is 0.0412. The van der Waals surface area contributed by atoms with Crippen molar-refractivity contribution in [2.75, 3.05) is 0 Å². The molecule has 0 atom stereocenters. The van der Waals surface area contributed by atoms with Crippen molar-refractivity contribution in [2.24, 2.45) is 0 Å².